The van der Waals surface area contributed by atoms with Gasteiger partial charge in [0.2, 0.25) is 0 Å². The molecule has 1 aliphatic heterocycles. The average molecular weight is 284 g/mol. The van der Waals surface area contributed by atoms with Gasteiger partial charge in [0.25, 0.3) is 0 Å². The van der Waals surface area contributed by atoms with Crippen molar-refractivity contribution in [1.82, 2.24) is 4.98 Å². The third-order valence-corrected chi connectivity index (χ3v) is 3.55. The summed E-state index contributed by atoms with van der Waals surface area (Å²) >= 11 is 0. The molecule has 1 fully saturated rings. The molecule has 0 radical (unpaired) electrons. The molecular weight excluding hydrogens is 268 g/mol. The summed E-state index contributed by atoms with van der Waals surface area (Å²) in [5.74, 6) is 0.0170. The summed E-state index contributed by atoms with van der Waals surface area (Å²) in [6, 6.07) is 10.8. The second-order valence-corrected chi connectivity index (χ2v) is 4.88. The van der Waals surface area contributed by atoms with E-state index in [9.17, 15) is 4.79 Å². The standard InChI is InChI=1S/C16H16N2O3/c19-16(20)13-3-1-12(2-4-13)14-5-6-17-15(11-14)18-7-9-21-10-8-18/h1-6,11H,7-10H2,(H,19,20). The van der Waals surface area contributed by atoms with Gasteiger partial charge in [0.1, 0.15) is 5.82 Å². The van der Waals surface area contributed by atoms with Crippen molar-refractivity contribution >= 4 is 11.8 Å². The van der Waals surface area contributed by atoms with Crippen molar-refractivity contribution in [2.75, 3.05) is 31.2 Å². The lowest BCUT2D eigenvalue weighted by Gasteiger charge is -2.28. The molecule has 0 unspecified atom stereocenters. The fourth-order valence-corrected chi connectivity index (χ4v) is 2.37. The van der Waals surface area contributed by atoms with Crippen LogP contribution in [0.25, 0.3) is 11.1 Å². The van der Waals surface area contributed by atoms with Crippen LogP contribution >= 0.6 is 0 Å². The highest BCUT2D eigenvalue weighted by atomic mass is 16.5. The van der Waals surface area contributed by atoms with E-state index in [0.29, 0.717) is 5.56 Å². The Morgan fingerprint density at radius 3 is 2.48 bits per heavy atom. The summed E-state index contributed by atoms with van der Waals surface area (Å²) in [4.78, 5) is 17.5. The van der Waals surface area contributed by atoms with Gasteiger partial charge in [0.05, 0.1) is 18.8 Å². The molecule has 5 nitrogen and oxygen atoms in total. The van der Waals surface area contributed by atoms with Gasteiger partial charge in [-0.3, -0.25) is 0 Å². The van der Waals surface area contributed by atoms with Crippen LogP contribution in [0.1, 0.15) is 10.4 Å². The zero-order valence-electron chi connectivity index (χ0n) is 11.5. The van der Waals surface area contributed by atoms with Crippen LogP contribution in [-0.2, 0) is 4.74 Å². The zero-order valence-corrected chi connectivity index (χ0v) is 11.5. The van der Waals surface area contributed by atoms with Gasteiger partial charge >= 0.3 is 5.97 Å². The number of benzene rings is 1. The van der Waals surface area contributed by atoms with Crippen molar-refractivity contribution in [1.29, 1.82) is 0 Å². The number of carboxylic acids is 1. The molecule has 1 aromatic heterocycles. The first-order valence-electron chi connectivity index (χ1n) is 6.86. The first kappa shape index (κ1) is 13.6. The number of hydrogen-bond donors (Lipinski definition) is 1. The Bertz CT molecular complexity index is 634. The van der Waals surface area contributed by atoms with E-state index in [1.165, 1.54) is 0 Å². The molecule has 0 amide bonds. The van der Waals surface area contributed by atoms with E-state index >= 15 is 0 Å². The van der Waals surface area contributed by atoms with E-state index in [1.54, 1.807) is 18.3 Å². The summed E-state index contributed by atoms with van der Waals surface area (Å²) in [5, 5.41) is 8.93. The van der Waals surface area contributed by atoms with Gasteiger partial charge in [-0.25, -0.2) is 9.78 Å². The average Bonchev–Trinajstić information content (AvgIpc) is 2.56. The van der Waals surface area contributed by atoms with E-state index in [1.807, 2.05) is 24.3 Å². The lowest BCUT2D eigenvalue weighted by Crippen LogP contribution is -2.36. The Kier molecular flexibility index (Phi) is 3.83. The molecule has 1 saturated heterocycles. The van der Waals surface area contributed by atoms with Crippen molar-refractivity contribution in [3.8, 4) is 11.1 Å². The lowest BCUT2D eigenvalue weighted by molar-refractivity contribution is 0.0697. The van der Waals surface area contributed by atoms with Crippen molar-refractivity contribution in [3.05, 3.63) is 48.2 Å². The minimum Gasteiger partial charge on any atom is -0.478 e. The number of carbonyl (C=O) groups is 1. The first-order valence-corrected chi connectivity index (χ1v) is 6.86. The van der Waals surface area contributed by atoms with Crippen LogP contribution in [0.15, 0.2) is 42.6 Å². The third-order valence-electron chi connectivity index (χ3n) is 3.55. The number of pyridine rings is 1. The quantitative estimate of drug-likeness (QED) is 0.937. The first-order chi connectivity index (χ1) is 10.2. The predicted octanol–water partition coefficient (Wildman–Crippen LogP) is 2.28. The molecule has 0 spiro atoms. The Hall–Kier alpha value is -2.40. The number of rotatable bonds is 3. The van der Waals surface area contributed by atoms with Crippen LogP contribution < -0.4 is 4.90 Å². The van der Waals surface area contributed by atoms with Gasteiger partial charge in [0.15, 0.2) is 0 Å². The number of aromatic nitrogens is 1. The van der Waals surface area contributed by atoms with Crippen molar-refractivity contribution in [2.24, 2.45) is 0 Å². The third kappa shape index (κ3) is 3.03. The Labute approximate surface area is 122 Å². The number of morpholine rings is 1. The summed E-state index contributed by atoms with van der Waals surface area (Å²) in [6.07, 6.45) is 1.78. The van der Waals surface area contributed by atoms with Crippen molar-refractivity contribution < 1.29 is 14.6 Å². The normalized spacial score (nSPS) is 15.0. The van der Waals surface area contributed by atoms with Gasteiger partial charge in [-0.2, -0.15) is 0 Å². The molecule has 0 saturated carbocycles. The Balaban J connectivity index is 1.86. The highest BCUT2D eigenvalue weighted by Crippen LogP contribution is 2.23. The van der Waals surface area contributed by atoms with Crippen molar-refractivity contribution in [2.45, 2.75) is 0 Å². The van der Waals surface area contributed by atoms with Gasteiger partial charge < -0.3 is 14.7 Å². The van der Waals surface area contributed by atoms with E-state index in [4.69, 9.17) is 9.84 Å². The highest BCUT2D eigenvalue weighted by molar-refractivity contribution is 5.88. The van der Waals surface area contributed by atoms with E-state index in [0.717, 1.165) is 43.2 Å². The number of hydrogen-bond acceptors (Lipinski definition) is 4. The van der Waals surface area contributed by atoms with Crippen LogP contribution in [0.4, 0.5) is 5.82 Å². The smallest absolute Gasteiger partial charge is 0.335 e. The fourth-order valence-electron chi connectivity index (χ4n) is 2.37. The van der Waals surface area contributed by atoms with E-state index in [2.05, 4.69) is 9.88 Å². The van der Waals surface area contributed by atoms with E-state index < -0.39 is 5.97 Å². The van der Waals surface area contributed by atoms with Crippen LogP contribution in [0.5, 0.6) is 0 Å². The molecule has 21 heavy (non-hydrogen) atoms. The molecule has 1 N–H and O–H groups in total. The molecule has 0 bridgehead atoms. The molecule has 5 heteroatoms. The summed E-state index contributed by atoms with van der Waals surface area (Å²) in [5.41, 5.74) is 2.31. The second kappa shape index (κ2) is 5.93. The maximum Gasteiger partial charge on any atom is 0.335 e. The lowest BCUT2D eigenvalue weighted by atomic mass is 10.0. The maximum atomic E-state index is 10.9. The van der Waals surface area contributed by atoms with Crippen molar-refractivity contribution in [3.63, 3.8) is 0 Å². The zero-order chi connectivity index (χ0) is 14.7. The molecule has 0 atom stereocenters. The molecule has 1 aromatic carbocycles. The highest BCUT2D eigenvalue weighted by Gasteiger charge is 2.13. The number of anilines is 1. The molecular formula is C16H16N2O3. The Morgan fingerprint density at radius 1 is 1.10 bits per heavy atom. The summed E-state index contributed by atoms with van der Waals surface area (Å²) < 4.78 is 5.35. The van der Waals surface area contributed by atoms with Gasteiger partial charge in [-0.15, -0.1) is 0 Å². The largest absolute Gasteiger partial charge is 0.478 e. The van der Waals surface area contributed by atoms with Crippen LogP contribution in [0.2, 0.25) is 0 Å². The number of nitrogens with zero attached hydrogens (tertiary/aromatic N) is 2. The van der Waals surface area contributed by atoms with Crippen LogP contribution in [0, 0.1) is 0 Å². The minimum atomic E-state index is -0.912. The summed E-state index contributed by atoms with van der Waals surface area (Å²) in [7, 11) is 0. The van der Waals surface area contributed by atoms with Crippen LogP contribution in [-0.4, -0.2) is 42.4 Å². The van der Waals surface area contributed by atoms with E-state index in [-0.39, 0.29) is 0 Å². The Morgan fingerprint density at radius 2 is 1.81 bits per heavy atom. The number of carboxylic acid groups (broad SMARTS) is 1. The molecule has 1 aliphatic rings. The van der Waals surface area contributed by atoms with Gasteiger partial charge in [-0.1, -0.05) is 12.1 Å². The number of aromatic carboxylic acids is 1. The van der Waals surface area contributed by atoms with Gasteiger partial charge in [0, 0.05) is 19.3 Å². The fraction of sp³-hybridized carbons (Fsp3) is 0.250. The topological polar surface area (TPSA) is 62.7 Å². The molecule has 2 heterocycles. The molecule has 2 aromatic rings. The maximum absolute atomic E-state index is 10.9. The van der Waals surface area contributed by atoms with Gasteiger partial charge in [-0.05, 0) is 35.4 Å². The SMILES string of the molecule is O=C(O)c1ccc(-c2ccnc(N3CCOCC3)c2)cc1. The van der Waals surface area contributed by atoms with Crippen LogP contribution in [0.3, 0.4) is 0 Å². The predicted molar refractivity (Wildman–Crippen MR) is 79.7 cm³/mol. The molecule has 108 valence electrons. The minimum absolute atomic E-state index is 0.293. The second-order valence-electron chi connectivity index (χ2n) is 4.88. The molecule has 0 aliphatic carbocycles. The summed E-state index contributed by atoms with van der Waals surface area (Å²) in [6.45, 7) is 3.13. The number of ether oxygens (including phenoxy) is 1. The molecule has 3 rings (SSSR count). The monoisotopic (exact) mass is 284 g/mol.